The number of methoxy groups -OCH3 is 2. The van der Waals surface area contributed by atoms with Crippen molar-refractivity contribution in [2.75, 3.05) is 46.9 Å². The average Bonchev–Trinajstić information content (AvgIpc) is 2.56. The van der Waals surface area contributed by atoms with Gasteiger partial charge in [0.2, 0.25) is 5.91 Å². The summed E-state index contributed by atoms with van der Waals surface area (Å²) in [6, 6.07) is 6.23. The third-order valence-corrected chi connectivity index (χ3v) is 4.17. The molecule has 1 fully saturated rings. The number of piperazine rings is 1. The molecule has 0 unspecified atom stereocenters. The molecule has 0 aromatic heterocycles. The van der Waals surface area contributed by atoms with E-state index in [4.69, 9.17) is 9.47 Å². The molecule has 0 radical (unpaired) electrons. The van der Waals surface area contributed by atoms with Gasteiger partial charge in [-0.2, -0.15) is 0 Å². The van der Waals surface area contributed by atoms with Crippen LogP contribution in [0.4, 0.5) is 0 Å². The summed E-state index contributed by atoms with van der Waals surface area (Å²) < 4.78 is 10.5. The molecule has 1 amide bonds. The molecule has 1 atom stereocenters. The molecule has 2 rings (SSSR count). The molecule has 0 aliphatic carbocycles. The van der Waals surface area contributed by atoms with Crippen LogP contribution in [0.15, 0.2) is 18.2 Å². The van der Waals surface area contributed by atoms with Crippen LogP contribution in [0.5, 0.6) is 11.5 Å². The fourth-order valence-electron chi connectivity index (χ4n) is 2.74. The van der Waals surface area contributed by atoms with Gasteiger partial charge in [-0.25, -0.2) is 0 Å². The van der Waals surface area contributed by atoms with Gasteiger partial charge in [0.05, 0.1) is 20.8 Å². The number of halogens is 1. The maximum Gasteiger partial charge on any atom is 0.234 e. The molecule has 1 heterocycles. The highest BCUT2D eigenvalue weighted by atomic mass is 35.5. The van der Waals surface area contributed by atoms with E-state index < -0.39 is 0 Å². The predicted molar refractivity (Wildman–Crippen MR) is 97.4 cm³/mol. The number of rotatable bonds is 7. The van der Waals surface area contributed by atoms with E-state index in [2.05, 4.69) is 22.5 Å². The van der Waals surface area contributed by atoms with Gasteiger partial charge in [0.25, 0.3) is 0 Å². The second-order valence-corrected chi connectivity index (χ2v) is 5.81. The summed E-state index contributed by atoms with van der Waals surface area (Å²) in [5.41, 5.74) is 1.11. The van der Waals surface area contributed by atoms with Crippen LogP contribution in [-0.2, 0) is 11.2 Å². The lowest BCUT2D eigenvalue weighted by Gasteiger charge is -2.33. The van der Waals surface area contributed by atoms with E-state index in [1.165, 1.54) is 0 Å². The minimum atomic E-state index is 0. The Hall–Kier alpha value is -1.50. The maximum absolute atomic E-state index is 12.1. The molecule has 0 spiro atoms. The lowest BCUT2D eigenvalue weighted by atomic mass is 10.1. The molecule has 7 heteroatoms. The lowest BCUT2D eigenvalue weighted by molar-refractivity contribution is -0.122. The fourth-order valence-corrected chi connectivity index (χ4v) is 2.74. The Labute approximate surface area is 150 Å². The minimum absolute atomic E-state index is 0. The second kappa shape index (κ2) is 10.4. The van der Waals surface area contributed by atoms with Crippen molar-refractivity contribution in [2.45, 2.75) is 19.4 Å². The first-order valence-corrected chi connectivity index (χ1v) is 8.06. The van der Waals surface area contributed by atoms with Gasteiger partial charge in [-0.1, -0.05) is 6.07 Å². The minimum Gasteiger partial charge on any atom is -0.493 e. The SMILES string of the molecule is COc1ccc(CCNC(=O)CN2CCNC[C@H]2C)cc1OC.Cl. The number of amides is 1. The van der Waals surface area contributed by atoms with Gasteiger partial charge in [0.15, 0.2) is 11.5 Å². The predicted octanol–water partition coefficient (Wildman–Crippen LogP) is 1.08. The van der Waals surface area contributed by atoms with Crippen molar-refractivity contribution in [1.82, 2.24) is 15.5 Å². The number of carbonyl (C=O) groups is 1. The molecule has 6 nitrogen and oxygen atoms in total. The van der Waals surface area contributed by atoms with Gasteiger partial charge >= 0.3 is 0 Å². The standard InChI is InChI=1S/C17H27N3O3.ClH/c1-13-11-18-8-9-20(13)12-17(21)19-7-6-14-4-5-15(22-2)16(10-14)23-3;/h4-5,10,13,18H,6-9,11-12H2,1-3H3,(H,19,21);1H/t13-;/m1./s1. The first-order valence-electron chi connectivity index (χ1n) is 8.06. The van der Waals surface area contributed by atoms with Crippen LogP contribution in [-0.4, -0.2) is 63.8 Å². The van der Waals surface area contributed by atoms with Crippen LogP contribution < -0.4 is 20.1 Å². The number of ether oxygens (including phenoxy) is 2. The van der Waals surface area contributed by atoms with E-state index in [-0.39, 0.29) is 18.3 Å². The molecule has 136 valence electrons. The molecule has 0 bridgehead atoms. The van der Waals surface area contributed by atoms with Crippen molar-refractivity contribution in [3.63, 3.8) is 0 Å². The maximum atomic E-state index is 12.1. The Morgan fingerprint density at radius 2 is 2.08 bits per heavy atom. The largest absolute Gasteiger partial charge is 0.493 e. The van der Waals surface area contributed by atoms with E-state index in [1.807, 2.05) is 18.2 Å². The molecule has 2 N–H and O–H groups in total. The van der Waals surface area contributed by atoms with Crippen LogP contribution in [0.2, 0.25) is 0 Å². The highest BCUT2D eigenvalue weighted by Crippen LogP contribution is 2.27. The van der Waals surface area contributed by atoms with Gasteiger partial charge in [-0.3, -0.25) is 9.69 Å². The monoisotopic (exact) mass is 357 g/mol. The van der Waals surface area contributed by atoms with Crippen molar-refractivity contribution in [1.29, 1.82) is 0 Å². The molecule has 1 aliphatic heterocycles. The number of hydrogen-bond donors (Lipinski definition) is 2. The third-order valence-electron chi connectivity index (χ3n) is 4.17. The molecule has 1 aliphatic rings. The summed E-state index contributed by atoms with van der Waals surface area (Å²) in [4.78, 5) is 14.3. The van der Waals surface area contributed by atoms with Gasteiger partial charge in [-0.15, -0.1) is 12.4 Å². The van der Waals surface area contributed by atoms with Crippen molar-refractivity contribution in [2.24, 2.45) is 0 Å². The zero-order valence-corrected chi connectivity index (χ0v) is 15.4. The van der Waals surface area contributed by atoms with Crippen LogP contribution in [0.3, 0.4) is 0 Å². The number of nitrogens with zero attached hydrogens (tertiary/aromatic N) is 1. The smallest absolute Gasteiger partial charge is 0.234 e. The van der Waals surface area contributed by atoms with Gasteiger partial charge in [0.1, 0.15) is 0 Å². The molecule has 24 heavy (non-hydrogen) atoms. The highest BCUT2D eigenvalue weighted by molar-refractivity contribution is 5.85. The normalized spacial score (nSPS) is 17.7. The number of benzene rings is 1. The molecule has 1 saturated heterocycles. The van der Waals surface area contributed by atoms with Crippen LogP contribution >= 0.6 is 12.4 Å². The van der Waals surface area contributed by atoms with Crippen molar-refractivity contribution < 1.29 is 14.3 Å². The summed E-state index contributed by atoms with van der Waals surface area (Å²) in [7, 11) is 3.24. The lowest BCUT2D eigenvalue weighted by Crippen LogP contribution is -2.52. The van der Waals surface area contributed by atoms with Gasteiger partial charge in [-0.05, 0) is 31.0 Å². The topological polar surface area (TPSA) is 62.8 Å². The van der Waals surface area contributed by atoms with Gasteiger partial charge in [0, 0.05) is 32.2 Å². The van der Waals surface area contributed by atoms with Crippen LogP contribution in [0.1, 0.15) is 12.5 Å². The highest BCUT2D eigenvalue weighted by Gasteiger charge is 2.19. The first-order chi connectivity index (χ1) is 11.1. The zero-order chi connectivity index (χ0) is 16.7. The molecular weight excluding hydrogens is 330 g/mol. The van der Waals surface area contributed by atoms with Crippen molar-refractivity contribution in [3.8, 4) is 11.5 Å². The molecule has 1 aromatic carbocycles. The van der Waals surface area contributed by atoms with Crippen LogP contribution in [0, 0.1) is 0 Å². The Bertz CT molecular complexity index is 528. The Morgan fingerprint density at radius 1 is 1.33 bits per heavy atom. The van der Waals surface area contributed by atoms with E-state index in [1.54, 1.807) is 14.2 Å². The Balaban J connectivity index is 0.00000288. The van der Waals surface area contributed by atoms with Gasteiger partial charge < -0.3 is 20.1 Å². The number of carbonyl (C=O) groups excluding carboxylic acids is 1. The Kier molecular flexibility index (Phi) is 8.89. The zero-order valence-electron chi connectivity index (χ0n) is 14.6. The van der Waals surface area contributed by atoms with E-state index in [9.17, 15) is 4.79 Å². The molecule has 0 saturated carbocycles. The number of nitrogens with one attached hydrogen (secondary N) is 2. The second-order valence-electron chi connectivity index (χ2n) is 5.81. The summed E-state index contributed by atoms with van der Waals surface area (Å²) >= 11 is 0. The average molecular weight is 358 g/mol. The van der Waals surface area contributed by atoms with Crippen molar-refractivity contribution in [3.05, 3.63) is 23.8 Å². The first kappa shape index (κ1) is 20.5. The quantitative estimate of drug-likeness (QED) is 0.764. The van der Waals surface area contributed by atoms with E-state index >= 15 is 0 Å². The summed E-state index contributed by atoms with van der Waals surface area (Å²) in [6.07, 6.45) is 0.767. The fraction of sp³-hybridized carbons (Fsp3) is 0.588. The summed E-state index contributed by atoms with van der Waals surface area (Å²) in [6.45, 7) is 6.04. The molecular formula is C17H28ClN3O3. The van der Waals surface area contributed by atoms with E-state index in [0.717, 1.165) is 31.6 Å². The number of hydrogen-bond acceptors (Lipinski definition) is 5. The third kappa shape index (κ3) is 5.85. The molecule has 1 aromatic rings. The summed E-state index contributed by atoms with van der Waals surface area (Å²) in [5.74, 6) is 1.51. The van der Waals surface area contributed by atoms with Crippen molar-refractivity contribution >= 4 is 18.3 Å². The van der Waals surface area contributed by atoms with E-state index in [0.29, 0.717) is 30.6 Å². The van der Waals surface area contributed by atoms with Crippen LogP contribution in [0.25, 0.3) is 0 Å². The Morgan fingerprint density at radius 3 is 2.75 bits per heavy atom. The summed E-state index contributed by atoms with van der Waals surface area (Å²) in [5, 5.41) is 6.32.